The van der Waals surface area contributed by atoms with Gasteiger partial charge in [-0.2, -0.15) is 4.52 Å². The first-order valence-electron chi connectivity index (χ1n) is 8.68. The number of hydrogen-bond donors (Lipinski definition) is 0. The zero-order chi connectivity index (χ0) is 17.6. The first-order chi connectivity index (χ1) is 12.7. The van der Waals surface area contributed by atoms with Crippen LogP contribution in [0.5, 0.6) is 0 Å². The minimum Gasteiger partial charge on any atom is -0.378 e. The molecule has 8 heteroatoms. The molecule has 134 valence electrons. The highest BCUT2D eigenvalue weighted by molar-refractivity contribution is 5.60. The maximum absolute atomic E-state index is 14.2. The average Bonchev–Trinajstić information content (AvgIpc) is 3.29. The second kappa shape index (κ2) is 6.00. The zero-order valence-electron chi connectivity index (χ0n) is 14.1. The predicted octanol–water partition coefficient (Wildman–Crippen LogP) is 1.93. The van der Waals surface area contributed by atoms with Gasteiger partial charge in [0, 0.05) is 19.6 Å². The average molecular weight is 355 g/mol. The zero-order valence-corrected chi connectivity index (χ0v) is 14.1. The third kappa shape index (κ3) is 2.53. The van der Waals surface area contributed by atoms with Crippen molar-refractivity contribution in [2.24, 2.45) is 0 Å². The normalized spacial score (nSPS) is 23.2. The minimum absolute atomic E-state index is 0.254. The van der Waals surface area contributed by atoms with Crippen molar-refractivity contribution in [3.63, 3.8) is 0 Å². The maximum atomic E-state index is 14.2. The molecule has 2 saturated heterocycles. The Morgan fingerprint density at radius 1 is 1.08 bits per heavy atom. The van der Waals surface area contributed by atoms with Crippen LogP contribution in [-0.4, -0.2) is 58.3 Å². The Hall–Kier alpha value is -2.58. The lowest BCUT2D eigenvalue weighted by Crippen LogP contribution is -2.52. The van der Waals surface area contributed by atoms with Crippen molar-refractivity contribution in [1.29, 1.82) is 0 Å². The molecule has 1 atom stereocenters. The number of morpholine rings is 1. The molecule has 2 fully saturated rings. The topological polar surface area (TPSA) is 64.8 Å². The molecule has 7 nitrogen and oxygen atoms in total. The molecule has 2 aliphatic rings. The molecule has 26 heavy (non-hydrogen) atoms. The van der Waals surface area contributed by atoms with Gasteiger partial charge in [-0.15, -0.1) is 15.3 Å². The number of nitrogens with zero attached hydrogens (tertiary/aromatic N) is 5. The van der Waals surface area contributed by atoms with Gasteiger partial charge in [-0.3, -0.25) is 0 Å². The fourth-order valence-electron chi connectivity index (χ4n) is 3.63. The number of rotatable bonds is 2. The van der Waals surface area contributed by atoms with Gasteiger partial charge in [-0.05, 0) is 24.3 Å². The highest BCUT2D eigenvalue weighted by atomic mass is 19.1. The Balaban J connectivity index is 1.53. The molecule has 2 aliphatic heterocycles. The molecule has 4 heterocycles. The van der Waals surface area contributed by atoms with Crippen molar-refractivity contribution >= 4 is 11.5 Å². The summed E-state index contributed by atoms with van der Waals surface area (Å²) in [5.74, 6) is 0.846. The largest absolute Gasteiger partial charge is 0.378 e. The van der Waals surface area contributed by atoms with E-state index in [4.69, 9.17) is 9.47 Å². The molecule has 1 spiro atoms. The quantitative estimate of drug-likeness (QED) is 0.700. The molecule has 0 aliphatic carbocycles. The molecule has 5 rings (SSSR count). The van der Waals surface area contributed by atoms with E-state index in [2.05, 4.69) is 20.2 Å². The van der Waals surface area contributed by atoms with Gasteiger partial charge in [-0.25, -0.2) is 4.39 Å². The Kier molecular flexibility index (Phi) is 3.61. The van der Waals surface area contributed by atoms with E-state index in [1.54, 1.807) is 22.7 Å². The third-order valence-corrected chi connectivity index (χ3v) is 5.00. The van der Waals surface area contributed by atoms with Crippen LogP contribution in [-0.2, 0) is 9.47 Å². The van der Waals surface area contributed by atoms with E-state index in [9.17, 15) is 4.39 Å². The lowest BCUT2D eigenvalue weighted by molar-refractivity contribution is -0.0581. The summed E-state index contributed by atoms with van der Waals surface area (Å²) in [5.41, 5.74) is 0.711. The molecular weight excluding hydrogens is 337 g/mol. The SMILES string of the molecule is Fc1ccccc1-c1nnc2ccc(N3CCOC4(CCOC4)C3)nn12. The fourth-order valence-corrected chi connectivity index (χ4v) is 3.63. The monoisotopic (exact) mass is 355 g/mol. The first kappa shape index (κ1) is 15.7. The van der Waals surface area contributed by atoms with Crippen LogP contribution in [0.25, 0.3) is 17.0 Å². The number of halogens is 1. The Labute approximate surface area is 149 Å². The Morgan fingerprint density at radius 2 is 2.00 bits per heavy atom. The van der Waals surface area contributed by atoms with Crippen LogP contribution in [0, 0.1) is 5.82 Å². The summed E-state index contributed by atoms with van der Waals surface area (Å²) in [6.45, 7) is 3.44. The van der Waals surface area contributed by atoms with Crippen LogP contribution in [0.1, 0.15) is 6.42 Å². The third-order valence-electron chi connectivity index (χ3n) is 5.00. The van der Waals surface area contributed by atoms with Gasteiger partial charge in [-0.1, -0.05) is 12.1 Å². The number of benzene rings is 1. The van der Waals surface area contributed by atoms with E-state index < -0.39 is 0 Å². The molecule has 0 amide bonds. The molecule has 1 aromatic carbocycles. The number of aromatic nitrogens is 4. The van der Waals surface area contributed by atoms with E-state index in [-0.39, 0.29) is 11.4 Å². The molecule has 2 aromatic heterocycles. The van der Waals surface area contributed by atoms with Crippen molar-refractivity contribution in [2.45, 2.75) is 12.0 Å². The molecule has 0 bridgehead atoms. The van der Waals surface area contributed by atoms with E-state index in [0.29, 0.717) is 30.2 Å². The van der Waals surface area contributed by atoms with Gasteiger partial charge in [0.15, 0.2) is 11.5 Å². The molecule has 1 unspecified atom stereocenters. The highest BCUT2D eigenvalue weighted by Gasteiger charge is 2.40. The van der Waals surface area contributed by atoms with Crippen LogP contribution >= 0.6 is 0 Å². The van der Waals surface area contributed by atoms with E-state index in [1.165, 1.54) is 6.07 Å². The summed E-state index contributed by atoms with van der Waals surface area (Å²) in [4.78, 5) is 2.18. The summed E-state index contributed by atoms with van der Waals surface area (Å²) >= 11 is 0. The molecular formula is C18H18FN5O2. The Morgan fingerprint density at radius 3 is 2.85 bits per heavy atom. The predicted molar refractivity (Wildman–Crippen MR) is 92.5 cm³/mol. The summed E-state index contributed by atoms with van der Waals surface area (Å²) in [6.07, 6.45) is 0.888. The van der Waals surface area contributed by atoms with Crippen molar-refractivity contribution < 1.29 is 13.9 Å². The van der Waals surface area contributed by atoms with Gasteiger partial charge >= 0.3 is 0 Å². The lowest BCUT2D eigenvalue weighted by Gasteiger charge is -2.39. The summed E-state index contributed by atoms with van der Waals surface area (Å²) in [5, 5.41) is 12.9. The van der Waals surface area contributed by atoms with Gasteiger partial charge in [0.2, 0.25) is 0 Å². The first-order valence-corrected chi connectivity index (χ1v) is 8.68. The van der Waals surface area contributed by atoms with Crippen LogP contribution < -0.4 is 4.90 Å². The smallest absolute Gasteiger partial charge is 0.188 e. The summed E-state index contributed by atoms with van der Waals surface area (Å²) < 4.78 is 27.3. The van der Waals surface area contributed by atoms with Crippen LogP contribution in [0.15, 0.2) is 36.4 Å². The van der Waals surface area contributed by atoms with Crippen molar-refractivity contribution in [1.82, 2.24) is 19.8 Å². The number of fused-ring (bicyclic) bond motifs is 1. The molecule has 0 saturated carbocycles. The minimum atomic E-state index is -0.345. The highest BCUT2D eigenvalue weighted by Crippen LogP contribution is 2.30. The second-order valence-electron chi connectivity index (χ2n) is 6.72. The number of anilines is 1. The van der Waals surface area contributed by atoms with Crippen molar-refractivity contribution in [3.8, 4) is 11.4 Å². The molecule has 0 N–H and O–H groups in total. The van der Waals surface area contributed by atoms with Crippen molar-refractivity contribution in [3.05, 3.63) is 42.2 Å². The number of ether oxygens (including phenoxy) is 2. The molecule has 0 radical (unpaired) electrons. The van der Waals surface area contributed by atoms with E-state index in [0.717, 1.165) is 31.9 Å². The van der Waals surface area contributed by atoms with Crippen LogP contribution in [0.2, 0.25) is 0 Å². The molecule has 3 aromatic rings. The fraction of sp³-hybridized carbons (Fsp3) is 0.389. The second-order valence-corrected chi connectivity index (χ2v) is 6.72. The van der Waals surface area contributed by atoms with E-state index in [1.807, 2.05) is 12.1 Å². The maximum Gasteiger partial charge on any atom is 0.188 e. The lowest BCUT2D eigenvalue weighted by atomic mass is 10.0. The summed E-state index contributed by atoms with van der Waals surface area (Å²) in [7, 11) is 0. The van der Waals surface area contributed by atoms with Gasteiger partial charge < -0.3 is 14.4 Å². The van der Waals surface area contributed by atoms with Gasteiger partial charge in [0.25, 0.3) is 0 Å². The van der Waals surface area contributed by atoms with Gasteiger partial charge in [0.05, 0.1) is 25.3 Å². The number of hydrogen-bond acceptors (Lipinski definition) is 6. The van der Waals surface area contributed by atoms with Crippen LogP contribution in [0.4, 0.5) is 10.2 Å². The Bertz CT molecular complexity index is 954. The standard InChI is InChI=1S/C18H18FN5O2/c19-14-4-2-1-3-13(14)17-21-20-15-5-6-16(22-24(15)17)23-8-10-26-18(11-23)7-9-25-12-18/h1-6H,7-12H2. The van der Waals surface area contributed by atoms with Crippen molar-refractivity contribution in [2.75, 3.05) is 37.8 Å². The van der Waals surface area contributed by atoms with Gasteiger partial charge in [0.1, 0.15) is 17.2 Å². The van der Waals surface area contributed by atoms with E-state index >= 15 is 0 Å². The summed E-state index contributed by atoms with van der Waals surface area (Å²) in [6, 6.07) is 10.3. The van der Waals surface area contributed by atoms with Crippen LogP contribution in [0.3, 0.4) is 0 Å².